The average molecular weight is 184 g/mol. The van der Waals surface area contributed by atoms with Gasteiger partial charge in [-0.05, 0) is 20.8 Å². The lowest BCUT2D eigenvalue weighted by atomic mass is 10.2. The van der Waals surface area contributed by atoms with Crippen molar-refractivity contribution >= 4 is 17.0 Å². The third-order valence-electron chi connectivity index (χ3n) is 0.311. The Hall–Kier alpha value is -0.120. The molecule has 50 valence electrons. The van der Waals surface area contributed by atoms with Crippen molar-refractivity contribution in [2.45, 2.75) is 26.4 Å². The number of halogens is 1. The van der Waals surface area contributed by atoms with Crippen LogP contribution in [0.15, 0.2) is 5.34 Å². The summed E-state index contributed by atoms with van der Waals surface area (Å²) < 4.78 is 0. The van der Waals surface area contributed by atoms with E-state index in [0.717, 1.165) is 0 Å². The van der Waals surface area contributed by atoms with E-state index in [1.54, 1.807) is 20.8 Å². The molecule has 0 aliphatic heterocycles. The van der Waals surface area contributed by atoms with Gasteiger partial charge < -0.3 is 4.84 Å². The normalized spacial score (nSPS) is 9.38. The molecule has 4 heteroatoms. The quantitative estimate of drug-likeness (QED) is 0.462. The monoisotopic (exact) mass is 183 g/mol. The van der Waals surface area contributed by atoms with Crippen molar-refractivity contribution in [3.8, 4) is 0 Å². The molecule has 0 amide bonds. The zero-order chi connectivity index (χ0) is 5.91. The Balaban J connectivity index is 0. The molecule has 0 bridgehead atoms. The van der Waals surface area contributed by atoms with Crippen LogP contribution in [0.4, 0.5) is 0 Å². The smallest absolute Gasteiger partial charge is 0.155 e. The summed E-state index contributed by atoms with van der Waals surface area (Å²) in [6.07, 6.45) is 0. The highest BCUT2D eigenvalue weighted by Crippen LogP contribution is 2.05. The molecule has 0 aliphatic carbocycles. The molecule has 0 fully saturated rings. The summed E-state index contributed by atoms with van der Waals surface area (Å²) in [5, 5.41) is 2.26. The summed E-state index contributed by atoms with van der Waals surface area (Å²) in [6.45, 7) is 5.28. The van der Waals surface area contributed by atoms with Crippen LogP contribution in [-0.4, -0.2) is 5.60 Å². The Labute approximate surface area is 59.1 Å². The van der Waals surface area contributed by atoms with Gasteiger partial charge in [0.15, 0.2) is 5.34 Å². The maximum Gasteiger partial charge on any atom is 0.155 e. The van der Waals surface area contributed by atoms with Crippen molar-refractivity contribution in [1.82, 2.24) is 0 Å². The van der Waals surface area contributed by atoms with E-state index in [-0.39, 0.29) is 17.0 Å². The van der Waals surface area contributed by atoms with Crippen molar-refractivity contribution in [2.24, 2.45) is 5.34 Å². The summed E-state index contributed by atoms with van der Waals surface area (Å²) in [5.74, 6) is 0. The molecule has 3 nitrogen and oxygen atoms in total. The van der Waals surface area contributed by atoms with Gasteiger partial charge >= 0.3 is 0 Å². The Bertz CT molecular complexity index is 68.9. The SMILES string of the molecule is Br.CC(C)(C)ON=O. The lowest BCUT2D eigenvalue weighted by Crippen LogP contribution is -2.14. The van der Waals surface area contributed by atoms with Gasteiger partial charge in [0.1, 0.15) is 5.60 Å². The topological polar surface area (TPSA) is 38.7 Å². The fraction of sp³-hybridized carbons (Fsp3) is 1.00. The maximum atomic E-state index is 9.35. The van der Waals surface area contributed by atoms with Gasteiger partial charge in [0.25, 0.3) is 0 Å². The van der Waals surface area contributed by atoms with Crippen LogP contribution in [-0.2, 0) is 4.84 Å². The Morgan fingerprint density at radius 3 is 1.75 bits per heavy atom. The molecule has 0 aromatic heterocycles. The first kappa shape index (κ1) is 10.8. The fourth-order valence-corrected chi connectivity index (χ4v) is 0.112. The van der Waals surface area contributed by atoms with Gasteiger partial charge in [-0.3, -0.25) is 0 Å². The summed E-state index contributed by atoms with van der Waals surface area (Å²) in [4.78, 5) is 13.6. The summed E-state index contributed by atoms with van der Waals surface area (Å²) >= 11 is 0. The molecule has 0 rings (SSSR count). The van der Waals surface area contributed by atoms with Crippen LogP contribution >= 0.6 is 17.0 Å². The van der Waals surface area contributed by atoms with E-state index in [1.807, 2.05) is 0 Å². The predicted molar refractivity (Wildman–Crippen MR) is 37.0 cm³/mol. The number of nitrogens with zero attached hydrogens (tertiary/aromatic N) is 1. The molecule has 0 saturated carbocycles. The van der Waals surface area contributed by atoms with Gasteiger partial charge in [-0.1, -0.05) is 0 Å². The highest BCUT2D eigenvalue weighted by Gasteiger charge is 2.09. The third kappa shape index (κ3) is 9.30. The van der Waals surface area contributed by atoms with Crippen LogP contribution < -0.4 is 0 Å². The molecule has 0 saturated heterocycles. The summed E-state index contributed by atoms with van der Waals surface area (Å²) in [5.41, 5.74) is -0.429. The third-order valence-corrected chi connectivity index (χ3v) is 0.311. The van der Waals surface area contributed by atoms with Crippen LogP contribution in [0.3, 0.4) is 0 Å². The van der Waals surface area contributed by atoms with E-state index in [4.69, 9.17) is 0 Å². The molecule has 0 radical (unpaired) electrons. The van der Waals surface area contributed by atoms with Gasteiger partial charge in [0.2, 0.25) is 0 Å². The van der Waals surface area contributed by atoms with Crippen molar-refractivity contribution < 1.29 is 4.84 Å². The van der Waals surface area contributed by atoms with E-state index in [1.165, 1.54) is 0 Å². The minimum atomic E-state index is -0.429. The van der Waals surface area contributed by atoms with Crippen LogP contribution in [0.2, 0.25) is 0 Å². The van der Waals surface area contributed by atoms with Gasteiger partial charge in [-0.2, -0.15) is 0 Å². The first-order chi connectivity index (χ1) is 3.06. The zero-order valence-electron chi connectivity index (χ0n) is 5.17. The maximum absolute atomic E-state index is 9.35. The first-order valence-corrected chi connectivity index (χ1v) is 2.07. The second-order valence-electron chi connectivity index (χ2n) is 2.28. The lowest BCUT2D eigenvalue weighted by molar-refractivity contribution is -0.00229. The molecule has 0 aromatic carbocycles. The van der Waals surface area contributed by atoms with Crippen LogP contribution in [0.25, 0.3) is 0 Å². The minimum Gasteiger partial charge on any atom is -0.358 e. The van der Waals surface area contributed by atoms with Gasteiger partial charge in [-0.25, -0.2) is 0 Å². The number of hydrogen-bond donors (Lipinski definition) is 0. The van der Waals surface area contributed by atoms with E-state index < -0.39 is 5.60 Å². The van der Waals surface area contributed by atoms with Gasteiger partial charge in [0.05, 0.1) is 0 Å². The summed E-state index contributed by atoms with van der Waals surface area (Å²) in [7, 11) is 0. The molecule has 0 heterocycles. The number of rotatable bonds is 1. The fourth-order valence-electron chi connectivity index (χ4n) is 0.112. The van der Waals surface area contributed by atoms with Crippen LogP contribution in [0.5, 0.6) is 0 Å². The van der Waals surface area contributed by atoms with Crippen LogP contribution in [0.1, 0.15) is 20.8 Å². The molecule has 8 heavy (non-hydrogen) atoms. The molecule has 0 atom stereocenters. The predicted octanol–water partition coefficient (Wildman–Crippen LogP) is 2.06. The zero-order valence-corrected chi connectivity index (χ0v) is 6.89. The van der Waals surface area contributed by atoms with E-state index in [0.29, 0.717) is 0 Å². The lowest BCUT2D eigenvalue weighted by Gasteiger charge is -2.11. The van der Waals surface area contributed by atoms with Crippen molar-refractivity contribution in [3.05, 3.63) is 4.91 Å². The molecule has 0 spiro atoms. The highest BCUT2D eigenvalue weighted by atomic mass is 79.9. The highest BCUT2D eigenvalue weighted by molar-refractivity contribution is 8.93. The second kappa shape index (κ2) is 3.83. The number of hydrogen-bond acceptors (Lipinski definition) is 3. The molecule has 0 aliphatic rings. The van der Waals surface area contributed by atoms with Gasteiger partial charge in [0, 0.05) is 0 Å². The molecular formula is C4H10BrNO2. The molecule has 0 aromatic rings. The Kier molecular flexibility index (Phi) is 5.17. The Morgan fingerprint density at radius 1 is 1.38 bits per heavy atom. The van der Waals surface area contributed by atoms with E-state index >= 15 is 0 Å². The first-order valence-electron chi connectivity index (χ1n) is 2.07. The average Bonchev–Trinajstić information content (AvgIpc) is 1.30. The van der Waals surface area contributed by atoms with Crippen molar-refractivity contribution in [3.63, 3.8) is 0 Å². The molecule has 0 unspecified atom stereocenters. The van der Waals surface area contributed by atoms with E-state index in [2.05, 4.69) is 10.2 Å². The second-order valence-corrected chi connectivity index (χ2v) is 2.28. The van der Waals surface area contributed by atoms with Crippen LogP contribution in [0, 0.1) is 4.91 Å². The Morgan fingerprint density at radius 2 is 1.75 bits per heavy atom. The minimum absolute atomic E-state index is 0. The largest absolute Gasteiger partial charge is 0.358 e. The molecular weight excluding hydrogens is 174 g/mol. The van der Waals surface area contributed by atoms with E-state index in [9.17, 15) is 4.91 Å². The standard InChI is InChI=1S/C4H9NO2.BrH/c1-4(2,3)7-5-6;/h1-3H3;1H. The molecule has 0 N–H and O–H groups in total. The van der Waals surface area contributed by atoms with Gasteiger partial charge in [-0.15, -0.1) is 21.9 Å². The summed E-state index contributed by atoms with van der Waals surface area (Å²) in [6, 6.07) is 0. The van der Waals surface area contributed by atoms with Crippen molar-refractivity contribution in [2.75, 3.05) is 0 Å². The van der Waals surface area contributed by atoms with Crippen molar-refractivity contribution in [1.29, 1.82) is 0 Å².